The first-order valence-corrected chi connectivity index (χ1v) is 10.8. The molecule has 2 aromatic heterocycles. The molecule has 0 radical (unpaired) electrons. The number of nitrogens with zero attached hydrogens (tertiary/aromatic N) is 2. The molecule has 1 fully saturated rings. The Morgan fingerprint density at radius 3 is 2.79 bits per heavy atom. The van der Waals surface area contributed by atoms with Gasteiger partial charge in [0.25, 0.3) is 5.91 Å². The Morgan fingerprint density at radius 1 is 1.28 bits per heavy atom. The maximum Gasteiger partial charge on any atom is 0.263 e. The summed E-state index contributed by atoms with van der Waals surface area (Å²) in [6.07, 6.45) is 1.97. The molecule has 3 aromatic rings. The van der Waals surface area contributed by atoms with Gasteiger partial charge < -0.3 is 21.3 Å². The molecule has 1 atom stereocenters. The first kappa shape index (κ1) is 19.7. The second kappa shape index (κ2) is 8.39. The number of aryl methyl sites for hydroxylation is 1. The number of anilines is 2. The predicted octanol–water partition coefficient (Wildman–Crippen LogP) is 2.96. The smallest absolute Gasteiger partial charge is 0.263 e. The quantitative estimate of drug-likeness (QED) is 0.583. The summed E-state index contributed by atoms with van der Waals surface area (Å²) in [5.74, 6) is -0.130. The van der Waals surface area contributed by atoms with Crippen molar-refractivity contribution >= 4 is 38.8 Å². The highest BCUT2D eigenvalue weighted by atomic mass is 32.1. The van der Waals surface area contributed by atoms with Crippen molar-refractivity contribution < 1.29 is 4.79 Å². The Kier molecular flexibility index (Phi) is 5.69. The Balaban J connectivity index is 1.33. The number of rotatable bonds is 6. The zero-order valence-electron chi connectivity index (χ0n) is 16.9. The van der Waals surface area contributed by atoms with Crippen LogP contribution in [0.25, 0.3) is 10.2 Å². The number of nitrogens with one attached hydrogen (secondary N) is 2. The van der Waals surface area contributed by atoms with Gasteiger partial charge in [0, 0.05) is 42.4 Å². The minimum absolute atomic E-state index is 0.130. The molecule has 1 aliphatic heterocycles. The van der Waals surface area contributed by atoms with Gasteiger partial charge in [0.05, 0.1) is 5.69 Å². The third kappa shape index (κ3) is 4.21. The van der Waals surface area contributed by atoms with Crippen molar-refractivity contribution in [1.82, 2.24) is 15.6 Å². The fourth-order valence-corrected chi connectivity index (χ4v) is 4.82. The summed E-state index contributed by atoms with van der Waals surface area (Å²) in [4.78, 5) is 20.8. The molecular weight excluding hydrogens is 382 g/mol. The van der Waals surface area contributed by atoms with Crippen molar-refractivity contribution in [3.05, 3.63) is 52.5 Å². The van der Waals surface area contributed by atoms with E-state index >= 15 is 0 Å². The standard InChI is InChI=1S/C22H27N5OS/c1-14-3-8-18-19(23)20(29-22(18)26-14)21(28)25-11-9-15-4-6-17(7-5-15)27-12-10-16(13-27)24-2/h3-8,16,24H,9-13,23H2,1-2H3,(H,25,28)/t16-/m1/s1. The minimum atomic E-state index is -0.130. The molecule has 6 nitrogen and oxygen atoms in total. The zero-order chi connectivity index (χ0) is 20.4. The highest BCUT2D eigenvalue weighted by molar-refractivity contribution is 7.21. The van der Waals surface area contributed by atoms with Crippen LogP contribution in [0.15, 0.2) is 36.4 Å². The van der Waals surface area contributed by atoms with Crippen molar-refractivity contribution in [3.8, 4) is 0 Å². The number of pyridine rings is 1. The number of carbonyl (C=O) groups excluding carboxylic acids is 1. The molecule has 0 aliphatic carbocycles. The molecule has 1 amide bonds. The zero-order valence-corrected chi connectivity index (χ0v) is 17.7. The summed E-state index contributed by atoms with van der Waals surface area (Å²) in [7, 11) is 2.02. The van der Waals surface area contributed by atoms with E-state index in [2.05, 4.69) is 44.8 Å². The maximum absolute atomic E-state index is 12.6. The highest BCUT2D eigenvalue weighted by Crippen LogP contribution is 2.32. The van der Waals surface area contributed by atoms with Gasteiger partial charge in [-0.2, -0.15) is 0 Å². The SMILES string of the molecule is CN[C@@H]1CCN(c2ccc(CCNC(=O)c3sc4nc(C)ccc4c3N)cc2)C1. The molecule has 1 saturated heterocycles. The van der Waals surface area contributed by atoms with E-state index in [1.54, 1.807) is 0 Å². The van der Waals surface area contributed by atoms with Crippen LogP contribution in [0.2, 0.25) is 0 Å². The maximum atomic E-state index is 12.6. The first-order chi connectivity index (χ1) is 14.0. The second-order valence-electron chi connectivity index (χ2n) is 7.54. The predicted molar refractivity (Wildman–Crippen MR) is 121 cm³/mol. The van der Waals surface area contributed by atoms with Crippen molar-refractivity contribution in [1.29, 1.82) is 0 Å². The molecule has 4 N–H and O–H groups in total. The van der Waals surface area contributed by atoms with Crippen LogP contribution in [0.3, 0.4) is 0 Å². The van der Waals surface area contributed by atoms with E-state index in [0.717, 1.165) is 35.4 Å². The fourth-order valence-electron chi connectivity index (χ4n) is 3.76. The molecule has 0 bridgehead atoms. The third-order valence-corrected chi connectivity index (χ3v) is 6.65. The number of fused-ring (bicyclic) bond motifs is 1. The fraction of sp³-hybridized carbons (Fsp3) is 0.364. The summed E-state index contributed by atoms with van der Waals surface area (Å²) in [6.45, 7) is 4.65. The van der Waals surface area contributed by atoms with Gasteiger partial charge in [-0.15, -0.1) is 11.3 Å². The van der Waals surface area contributed by atoms with Crippen molar-refractivity contribution in [2.45, 2.75) is 25.8 Å². The summed E-state index contributed by atoms with van der Waals surface area (Å²) < 4.78 is 0. The summed E-state index contributed by atoms with van der Waals surface area (Å²) in [5.41, 5.74) is 10.1. The number of benzene rings is 1. The summed E-state index contributed by atoms with van der Waals surface area (Å²) in [6, 6.07) is 13.1. The van der Waals surface area contributed by atoms with E-state index in [9.17, 15) is 4.79 Å². The summed E-state index contributed by atoms with van der Waals surface area (Å²) >= 11 is 1.35. The molecule has 0 unspecified atom stereocenters. The number of carbonyl (C=O) groups is 1. The number of aromatic nitrogens is 1. The van der Waals surface area contributed by atoms with Crippen LogP contribution in [-0.2, 0) is 6.42 Å². The molecule has 1 aromatic carbocycles. The van der Waals surface area contributed by atoms with E-state index in [4.69, 9.17) is 5.73 Å². The molecular formula is C22H27N5OS. The lowest BCUT2D eigenvalue weighted by Gasteiger charge is -2.19. The van der Waals surface area contributed by atoms with Crippen LogP contribution in [0, 0.1) is 6.92 Å². The number of nitrogen functional groups attached to an aromatic ring is 1. The van der Waals surface area contributed by atoms with Gasteiger partial charge in [-0.3, -0.25) is 4.79 Å². The van der Waals surface area contributed by atoms with Crippen LogP contribution in [-0.4, -0.2) is 43.6 Å². The number of nitrogens with two attached hydrogens (primary N) is 1. The molecule has 29 heavy (non-hydrogen) atoms. The van der Waals surface area contributed by atoms with Crippen molar-refractivity contribution in [2.24, 2.45) is 0 Å². The molecule has 0 saturated carbocycles. The van der Waals surface area contributed by atoms with E-state index in [1.807, 2.05) is 26.1 Å². The first-order valence-electron chi connectivity index (χ1n) is 10.00. The van der Waals surface area contributed by atoms with Gasteiger partial charge in [-0.25, -0.2) is 4.98 Å². The third-order valence-electron chi connectivity index (χ3n) is 5.54. The van der Waals surface area contributed by atoms with Gasteiger partial charge in [0.15, 0.2) is 0 Å². The number of hydrogen-bond acceptors (Lipinski definition) is 6. The van der Waals surface area contributed by atoms with E-state index < -0.39 is 0 Å². The lowest BCUT2D eigenvalue weighted by atomic mass is 10.1. The molecule has 3 heterocycles. The normalized spacial score (nSPS) is 16.5. The van der Waals surface area contributed by atoms with Gasteiger partial charge in [0.1, 0.15) is 9.71 Å². The lowest BCUT2D eigenvalue weighted by molar-refractivity contribution is 0.0959. The van der Waals surface area contributed by atoms with Crippen LogP contribution < -0.4 is 21.3 Å². The molecule has 1 aliphatic rings. The van der Waals surface area contributed by atoms with Gasteiger partial charge in [0.2, 0.25) is 0 Å². The van der Waals surface area contributed by atoms with Crippen molar-refractivity contribution in [2.75, 3.05) is 37.3 Å². The molecule has 7 heteroatoms. The Morgan fingerprint density at radius 2 is 2.07 bits per heavy atom. The van der Waals surface area contributed by atoms with Gasteiger partial charge in [-0.05, 0) is 56.6 Å². The number of thiophene rings is 1. The number of likely N-dealkylation sites (N-methyl/N-ethyl adjacent to an activating group) is 1. The van der Waals surface area contributed by atoms with Crippen LogP contribution in [0.4, 0.5) is 11.4 Å². The van der Waals surface area contributed by atoms with Crippen LogP contribution >= 0.6 is 11.3 Å². The molecule has 152 valence electrons. The minimum Gasteiger partial charge on any atom is -0.397 e. The molecule has 0 spiro atoms. The van der Waals surface area contributed by atoms with E-state index in [1.165, 1.54) is 29.0 Å². The van der Waals surface area contributed by atoms with E-state index in [-0.39, 0.29) is 5.91 Å². The highest BCUT2D eigenvalue weighted by Gasteiger charge is 2.21. The number of hydrogen-bond donors (Lipinski definition) is 3. The van der Waals surface area contributed by atoms with Crippen LogP contribution in [0.1, 0.15) is 27.3 Å². The van der Waals surface area contributed by atoms with Gasteiger partial charge >= 0.3 is 0 Å². The Hall–Kier alpha value is -2.64. The topological polar surface area (TPSA) is 83.3 Å². The lowest BCUT2D eigenvalue weighted by Crippen LogP contribution is -2.29. The summed E-state index contributed by atoms with van der Waals surface area (Å²) in [5, 5.41) is 7.19. The Bertz CT molecular complexity index is 1010. The van der Waals surface area contributed by atoms with Gasteiger partial charge in [-0.1, -0.05) is 12.1 Å². The van der Waals surface area contributed by atoms with Crippen LogP contribution in [0.5, 0.6) is 0 Å². The molecule has 4 rings (SSSR count). The average Bonchev–Trinajstić information content (AvgIpc) is 3.33. The monoisotopic (exact) mass is 409 g/mol. The number of amides is 1. The second-order valence-corrected chi connectivity index (χ2v) is 8.54. The largest absolute Gasteiger partial charge is 0.397 e. The van der Waals surface area contributed by atoms with Crippen molar-refractivity contribution in [3.63, 3.8) is 0 Å². The Labute approximate surface area is 175 Å². The van der Waals surface area contributed by atoms with E-state index in [0.29, 0.717) is 23.2 Å². The average molecular weight is 410 g/mol.